The van der Waals surface area contributed by atoms with Gasteiger partial charge in [0.15, 0.2) is 5.78 Å². The van der Waals surface area contributed by atoms with Gasteiger partial charge in [-0.2, -0.15) is 13.2 Å². The number of hydrogen-bond acceptors (Lipinski definition) is 2. The molecule has 1 rings (SSSR count). The van der Waals surface area contributed by atoms with Crippen LogP contribution in [0.2, 0.25) is 0 Å². The van der Waals surface area contributed by atoms with Gasteiger partial charge in [0.25, 0.3) is 0 Å². The molecule has 0 aliphatic rings. The molecule has 0 bridgehead atoms. The molecule has 0 fully saturated rings. The predicted molar refractivity (Wildman–Crippen MR) is 57.5 cm³/mol. The van der Waals surface area contributed by atoms with Crippen LogP contribution in [0.1, 0.15) is 15.9 Å². The van der Waals surface area contributed by atoms with E-state index in [-0.39, 0.29) is 24.4 Å². The number of hydrogen-bond donors (Lipinski definition) is 1. The molecule has 1 aromatic carbocycles. The van der Waals surface area contributed by atoms with Gasteiger partial charge in [-0.1, -0.05) is 18.1 Å². The van der Waals surface area contributed by atoms with Crippen molar-refractivity contribution in [3.63, 3.8) is 0 Å². The Hall–Kier alpha value is -1.80. The summed E-state index contributed by atoms with van der Waals surface area (Å²) in [5.41, 5.74) is -0.548. The molecule has 0 aromatic heterocycles. The Balaban J connectivity index is 2.68. The molecule has 0 aliphatic carbocycles. The van der Waals surface area contributed by atoms with Crippen LogP contribution in [0.25, 0.3) is 0 Å². The van der Waals surface area contributed by atoms with Crippen LogP contribution in [0.5, 0.6) is 0 Å². The van der Waals surface area contributed by atoms with E-state index in [1.54, 1.807) is 0 Å². The molecule has 90 valence electrons. The van der Waals surface area contributed by atoms with E-state index >= 15 is 0 Å². The smallest absolute Gasteiger partial charge is 0.299 e. The van der Waals surface area contributed by atoms with Gasteiger partial charge < -0.3 is 0 Å². The van der Waals surface area contributed by atoms with Gasteiger partial charge in [0.1, 0.15) is 0 Å². The van der Waals surface area contributed by atoms with Crippen molar-refractivity contribution in [3.8, 4) is 12.3 Å². The van der Waals surface area contributed by atoms with Gasteiger partial charge in [0.05, 0.1) is 18.7 Å². The van der Waals surface area contributed by atoms with E-state index in [4.69, 9.17) is 6.42 Å². The topological polar surface area (TPSA) is 29.1 Å². The molecule has 0 unspecified atom stereocenters. The number of ketones is 1. The van der Waals surface area contributed by atoms with Gasteiger partial charge in [-0.05, 0) is 12.1 Å². The first-order valence-corrected chi connectivity index (χ1v) is 4.80. The van der Waals surface area contributed by atoms with Crippen LogP contribution in [0.15, 0.2) is 24.3 Å². The van der Waals surface area contributed by atoms with E-state index in [0.29, 0.717) is 0 Å². The summed E-state index contributed by atoms with van der Waals surface area (Å²) in [6, 6.07) is 4.08. The van der Waals surface area contributed by atoms with Crippen molar-refractivity contribution in [2.75, 3.05) is 13.1 Å². The zero-order valence-electron chi connectivity index (χ0n) is 8.84. The zero-order chi connectivity index (χ0) is 12.9. The highest BCUT2D eigenvalue weighted by Crippen LogP contribution is 2.29. The normalized spacial score (nSPS) is 10.9. The molecular weight excluding hydrogens is 231 g/mol. The minimum Gasteiger partial charge on any atom is -0.299 e. The Morgan fingerprint density at radius 1 is 1.29 bits per heavy atom. The second-order valence-electron chi connectivity index (χ2n) is 3.31. The van der Waals surface area contributed by atoms with Crippen LogP contribution in [-0.2, 0) is 6.18 Å². The fourth-order valence-electron chi connectivity index (χ4n) is 1.20. The lowest BCUT2D eigenvalue weighted by molar-refractivity contribution is -0.137. The van der Waals surface area contributed by atoms with Crippen LogP contribution in [-0.4, -0.2) is 18.9 Å². The van der Waals surface area contributed by atoms with E-state index in [1.807, 2.05) is 0 Å². The molecule has 0 saturated heterocycles. The highest BCUT2D eigenvalue weighted by Gasteiger charge is 2.30. The van der Waals surface area contributed by atoms with Gasteiger partial charge in [-0.3, -0.25) is 10.1 Å². The number of Topliss-reactive ketones (excluding diaryl/α,β-unsaturated/α-hetero) is 1. The molecule has 0 amide bonds. The second-order valence-corrected chi connectivity index (χ2v) is 3.31. The molecule has 0 radical (unpaired) electrons. The van der Waals surface area contributed by atoms with Gasteiger partial charge in [0.2, 0.25) is 0 Å². The SMILES string of the molecule is C#CCNCC(=O)c1ccc(C(F)(F)F)cc1. The van der Waals surface area contributed by atoms with Crippen LogP contribution in [0.3, 0.4) is 0 Å². The quantitative estimate of drug-likeness (QED) is 0.497. The van der Waals surface area contributed by atoms with Crippen LogP contribution in [0, 0.1) is 12.3 Å². The third-order valence-electron chi connectivity index (χ3n) is 2.05. The van der Waals surface area contributed by atoms with Crippen LogP contribution >= 0.6 is 0 Å². The lowest BCUT2D eigenvalue weighted by Gasteiger charge is -2.07. The number of nitrogens with one attached hydrogen (secondary N) is 1. The summed E-state index contributed by atoms with van der Waals surface area (Å²) < 4.78 is 36.7. The second kappa shape index (κ2) is 5.51. The minimum absolute atomic E-state index is 0.00949. The van der Waals surface area contributed by atoms with Crippen LogP contribution in [0.4, 0.5) is 13.2 Å². The van der Waals surface area contributed by atoms with E-state index in [2.05, 4.69) is 11.2 Å². The van der Waals surface area contributed by atoms with Crippen LogP contribution < -0.4 is 5.32 Å². The molecule has 1 N–H and O–H groups in total. The third kappa shape index (κ3) is 3.93. The number of carbonyl (C=O) groups excluding carboxylic acids is 1. The highest BCUT2D eigenvalue weighted by atomic mass is 19.4. The third-order valence-corrected chi connectivity index (χ3v) is 2.05. The maximum absolute atomic E-state index is 12.2. The van der Waals surface area contributed by atoms with Crippen molar-refractivity contribution in [3.05, 3.63) is 35.4 Å². The lowest BCUT2D eigenvalue weighted by Crippen LogP contribution is -2.23. The monoisotopic (exact) mass is 241 g/mol. The Morgan fingerprint density at radius 3 is 2.35 bits per heavy atom. The maximum atomic E-state index is 12.2. The summed E-state index contributed by atoms with van der Waals surface area (Å²) >= 11 is 0. The van der Waals surface area contributed by atoms with E-state index in [0.717, 1.165) is 24.3 Å². The van der Waals surface area contributed by atoms with Gasteiger partial charge in [-0.15, -0.1) is 6.42 Å². The minimum atomic E-state index is -4.39. The molecule has 0 aliphatic heterocycles. The highest BCUT2D eigenvalue weighted by molar-refractivity contribution is 5.97. The van der Waals surface area contributed by atoms with E-state index in [9.17, 15) is 18.0 Å². The van der Waals surface area contributed by atoms with Gasteiger partial charge in [-0.25, -0.2) is 0 Å². The number of rotatable bonds is 4. The first-order chi connectivity index (χ1) is 7.95. The fourth-order valence-corrected chi connectivity index (χ4v) is 1.20. The first-order valence-electron chi connectivity index (χ1n) is 4.80. The Bertz CT molecular complexity index is 429. The first kappa shape index (κ1) is 13.3. The molecule has 0 spiro atoms. The van der Waals surface area contributed by atoms with Gasteiger partial charge in [0, 0.05) is 5.56 Å². The number of benzene rings is 1. The number of alkyl halides is 3. The predicted octanol–water partition coefficient (Wildman–Crippen LogP) is 2.11. The van der Waals surface area contributed by atoms with Crippen molar-refractivity contribution in [2.24, 2.45) is 0 Å². The lowest BCUT2D eigenvalue weighted by atomic mass is 10.1. The van der Waals surface area contributed by atoms with Crippen molar-refractivity contribution in [1.29, 1.82) is 0 Å². The van der Waals surface area contributed by atoms with Crippen molar-refractivity contribution in [2.45, 2.75) is 6.18 Å². The summed E-state index contributed by atoms with van der Waals surface area (Å²) in [6.45, 7) is 0.252. The standard InChI is InChI=1S/C12H10F3NO/c1-2-7-16-8-11(17)9-3-5-10(6-4-9)12(13,14)15/h1,3-6,16H,7-8H2. The number of terminal acetylenes is 1. The summed E-state index contributed by atoms with van der Waals surface area (Å²) in [6.07, 6.45) is 0.587. The summed E-state index contributed by atoms with van der Waals surface area (Å²) in [5.74, 6) is 1.99. The number of carbonyl (C=O) groups is 1. The fraction of sp³-hybridized carbons (Fsp3) is 0.250. The van der Waals surface area contributed by atoms with Gasteiger partial charge >= 0.3 is 6.18 Å². The largest absolute Gasteiger partial charge is 0.416 e. The molecule has 5 heteroatoms. The average molecular weight is 241 g/mol. The molecule has 0 saturated carbocycles. The Morgan fingerprint density at radius 2 is 1.88 bits per heavy atom. The average Bonchev–Trinajstić information content (AvgIpc) is 2.28. The Labute approximate surface area is 96.8 Å². The molecule has 0 atom stereocenters. The molecular formula is C12H10F3NO. The molecule has 17 heavy (non-hydrogen) atoms. The van der Waals surface area contributed by atoms with Crippen molar-refractivity contribution < 1.29 is 18.0 Å². The molecule has 2 nitrogen and oxygen atoms in total. The summed E-state index contributed by atoms with van der Waals surface area (Å²) in [4.78, 5) is 11.5. The maximum Gasteiger partial charge on any atom is 0.416 e. The van der Waals surface area contributed by atoms with E-state index in [1.165, 1.54) is 0 Å². The van der Waals surface area contributed by atoms with Crippen molar-refractivity contribution in [1.82, 2.24) is 5.32 Å². The molecule has 0 heterocycles. The van der Waals surface area contributed by atoms with Crippen molar-refractivity contribution >= 4 is 5.78 Å². The summed E-state index contributed by atoms with van der Waals surface area (Å²) in [5, 5.41) is 2.67. The Kier molecular flexibility index (Phi) is 4.30. The summed E-state index contributed by atoms with van der Waals surface area (Å²) in [7, 11) is 0. The zero-order valence-corrected chi connectivity index (χ0v) is 8.84. The number of halogens is 3. The molecule has 1 aromatic rings. The van der Waals surface area contributed by atoms with E-state index < -0.39 is 11.7 Å².